The summed E-state index contributed by atoms with van der Waals surface area (Å²) in [5.41, 5.74) is 7.38. The Morgan fingerprint density at radius 2 is 2.13 bits per heavy atom. The van der Waals surface area contributed by atoms with E-state index in [9.17, 15) is 4.79 Å². The smallest absolute Gasteiger partial charge is 0.240 e. The molecular formula is C15H22ClN5O2. The van der Waals surface area contributed by atoms with Crippen molar-refractivity contribution in [3.63, 3.8) is 0 Å². The second-order valence-electron chi connectivity index (χ2n) is 5.04. The minimum Gasteiger partial charge on any atom is -0.338 e. The molecule has 0 saturated carbocycles. The molecule has 0 radical (unpaired) electrons. The lowest BCUT2D eigenvalue weighted by Gasteiger charge is -2.15. The maximum atomic E-state index is 12.1. The Kier molecular flexibility index (Phi) is 7.67. The fourth-order valence-corrected chi connectivity index (χ4v) is 2.12. The van der Waals surface area contributed by atoms with E-state index in [0.29, 0.717) is 18.3 Å². The summed E-state index contributed by atoms with van der Waals surface area (Å²) < 4.78 is 4.93. The number of nitrogens with zero attached hydrogens (tertiary/aromatic N) is 3. The van der Waals surface area contributed by atoms with Crippen LogP contribution >= 0.6 is 12.4 Å². The number of anilines is 1. The van der Waals surface area contributed by atoms with Gasteiger partial charge in [0.15, 0.2) is 5.82 Å². The molecule has 23 heavy (non-hydrogen) atoms. The van der Waals surface area contributed by atoms with Crippen LogP contribution in [-0.2, 0) is 24.3 Å². The first-order valence-electron chi connectivity index (χ1n) is 7.20. The molecule has 3 N–H and O–H groups in total. The average Bonchev–Trinajstić information content (AvgIpc) is 2.95. The highest BCUT2D eigenvalue weighted by atomic mass is 35.5. The number of nitrogens with two attached hydrogens (primary N) is 1. The molecule has 0 aliphatic heterocycles. The molecule has 1 heterocycles. The number of para-hydroxylation sites is 1. The normalized spacial score (nSPS) is 10.4. The molecule has 0 spiro atoms. The highest BCUT2D eigenvalue weighted by molar-refractivity contribution is 5.92. The molecular weight excluding hydrogens is 318 g/mol. The number of nitrogens with one attached hydrogen (secondary N) is 1. The van der Waals surface area contributed by atoms with Crippen LogP contribution in [0, 0.1) is 0 Å². The maximum Gasteiger partial charge on any atom is 0.240 e. The van der Waals surface area contributed by atoms with E-state index in [1.165, 1.54) is 0 Å². The molecule has 2 rings (SSSR count). The Morgan fingerprint density at radius 1 is 1.39 bits per heavy atom. The van der Waals surface area contributed by atoms with E-state index in [0.717, 1.165) is 17.7 Å². The minimum absolute atomic E-state index is 0. The number of amides is 1. The van der Waals surface area contributed by atoms with Crippen molar-refractivity contribution < 1.29 is 9.32 Å². The molecule has 0 saturated heterocycles. The SMILES string of the molecule is CCc1ccccc1NC(=O)CN(C)Cc1noc(CN)n1.Cl. The molecule has 0 unspecified atom stereocenters. The van der Waals surface area contributed by atoms with Crippen molar-refractivity contribution in [3.05, 3.63) is 41.5 Å². The summed E-state index contributed by atoms with van der Waals surface area (Å²) >= 11 is 0. The van der Waals surface area contributed by atoms with E-state index in [1.807, 2.05) is 36.2 Å². The number of halogens is 1. The number of benzene rings is 1. The van der Waals surface area contributed by atoms with Crippen LogP contribution in [0.15, 0.2) is 28.8 Å². The molecule has 0 aliphatic carbocycles. The lowest BCUT2D eigenvalue weighted by atomic mass is 10.1. The molecule has 0 aliphatic rings. The Morgan fingerprint density at radius 3 is 2.78 bits per heavy atom. The first-order valence-corrected chi connectivity index (χ1v) is 7.20. The first kappa shape index (κ1) is 19.1. The van der Waals surface area contributed by atoms with Crippen molar-refractivity contribution in [2.75, 3.05) is 18.9 Å². The number of rotatable bonds is 7. The van der Waals surface area contributed by atoms with E-state index in [-0.39, 0.29) is 31.4 Å². The Balaban J connectivity index is 0.00000264. The van der Waals surface area contributed by atoms with Gasteiger partial charge in [0, 0.05) is 5.69 Å². The van der Waals surface area contributed by atoms with Crippen LogP contribution in [0.3, 0.4) is 0 Å². The summed E-state index contributed by atoms with van der Waals surface area (Å²) in [5.74, 6) is 0.834. The molecule has 1 aromatic heterocycles. The molecule has 1 amide bonds. The molecule has 0 atom stereocenters. The van der Waals surface area contributed by atoms with E-state index in [2.05, 4.69) is 22.4 Å². The van der Waals surface area contributed by atoms with Gasteiger partial charge in [-0.1, -0.05) is 30.3 Å². The van der Waals surface area contributed by atoms with Gasteiger partial charge in [-0.2, -0.15) is 4.98 Å². The van der Waals surface area contributed by atoms with Crippen molar-refractivity contribution >= 4 is 24.0 Å². The number of aryl methyl sites for hydroxylation is 1. The van der Waals surface area contributed by atoms with Gasteiger partial charge in [0.25, 0.3) is 0 Å². The van der Waals surface area contributed by atoms with Crippen LogP contribution in [-0.4, -0.2) is 34.5 Å². The van der Waals surface area contributed by atoms with Gasteiger partial charge in [-0.05, 0) is 25.1 Å². The standard InChI is InChI=1S/C15H21N5O2.ClH/c1-3-11-6-4-5-7-12(11)17-14(21)10-20(2)9-13-18-15(8-16)22-19-13;/h4-7H,3,8-10,16H2,1-2H3,(H,17,21);1H. The van der Waals surface area contributed by atoms with Crippen LogP contribution in [0.5, 0.6) is 0 Å². The number of likely N-dealkylation sites (N-methyl/N-ethyl adjacent to an activating group) is 1. The monoisotopic (exact) mass is 339 g/mol. The van der Waals surface area contributed by atoms with Gasteiger partial charge in [0.1, 0.15) is 0 Å². The second-order valence-corrected chi connectivity index (χ2v) is 5.04. The summed E-state index contributed by atoms with van der Waals surface area (Å²) in [5, 5.41) is 6.74. The fraction of sp³-hybridized carbons (Fsp3) is 0.400. The van der Waals surface area contributed by atoms with Gasteiger partial charge >= 0.3 is 0 Å². The van der Waals surface area contributed by atoms with Crippen molar-refractivity contribution in [1.82, 2.24) is 15.0 Å². The zero-order chi connectivity index (χ0) is 15.9. The van der Waals surface area contributed by atoms with Crippen LogP contribution in [0.4, 0.5) is 5.69 Å². The highest BCUT2D eigenvalue weighted by Crippen LogP contribution is 2.15. The Hall–Kier alpha value is -1.96. The summed E-state index contributed by atoms with van der Waals surface area (Å²) in [6.45, 7) is 2.93. The molecule has 0 bridgehead atoms. The number of carbonyl (C=O) groups is 1. The lowest BCUT2D eigenvalue weighted by Crippen LogP contribution is -2.30. The van der Waals surface area contributed by atoms with E-state index in [4.69, 9.17) is 10.3 Å². The maximum absolute atomic E-state index is 12.1. The topological polar surface area (TPSA) is 97.3 Å². The quantitative estimate of drug-likeness (QED) is 0.795. The van der Waals surface area contributed by atoms with E-state index >= 15 is 0 Å². The van der Waals surface area contributed by atoms with Crippen LogP contribution in [0.1, 0.15) is 24.2 Å². The van der Waals surface area contributed by atoms with Crippen LogP contribution in [0.25, 0.3) is 0 Å². The summed E-state index contributed by atoms with van der Waals surface area (Å²) in [7, 11) is 1.82. The Labute approximate surface area is 141 Å². The van der Waals surface area contributed by atoms with Crippen molar-refractivity contribution in [2.45, 2.75) is 26.4 Å². The van der Waals surface area contributed by atoms with Gasteiger partial charge in [0.2, 0.25) is 11.8 Å². The Bertz CT molecular complexity index is 632. The zero-order valence-corrected chi connectivity index (χ0v) is 14.1. The number of hydrogen-bond donors (Lipinski definition) is 2. The van der Waals surface area contributed by atoms with Gasteiger partial charge in [-0.25, -0.2) is 0 Å². The number of carbonyl (C=O) groups excluding carboxylic acids is 1. The molecule has 2 aromatic rings. The van der Waals surface area contributed by atoms with Gasteiger partial charge < -0.3 is 15.6 Å². The van der Waals surface area contributed by atoms with Gasteiger partial charge in [0.05, 0.1) is 19.6 Å². The summed E-state index contributed by atoms with van der Waals surface area (Å²) in [6, 6.07) is 7.79. The molecule has 1 aromatic carbocycles. The zero-order valence-electron chi connectivity index (χ0n) is 13.3. The third-order valence-electron chi connectivity index (χ3n) is 3.18. The molecule has 7 nitrogen and oxygen atoms in total. The molecule has 0 fully saturated rings. The largest absolute Gasteiger partial charge is 0.338 e. The first-order chi connectivity index (χ1) is 10.6. The fourth-order valence-electron chi connectivity index (χ4n) is 2.12. The third-order valence-corrected chi connectivity index (χ3v) is 3.18. The van der Waals surface area contributed by atoms with E-state index in [1.54, 1.807) is 0 Å². The van der Waals surface area contributed by atoms with Crippen molar-refractivity contribution in [3.8, 4) is 0 Å². The van der Waals surface area contributed by atoms with Crippen LogP contribution in [0.2, 0.25) is 0 Å². The predicted octanol–water partition coefficient (Wildman–Crippen LogP) is 1.58. The predicted molar refractivity (Wildman–Crippen MR) is 90.2 cm³/mol. The van der Waals surface area contributed by atoms with E-state index < -0.39 is 0 Å². The number of aromatic nitrogens is 2. The van der Waals surface area contributed by atoms with Crippen molar-refractivity contribution in [2.24, 2.45) is 5.73 Å². The highest BCUT2D eigenvalue weighted by Gasteiger charge is 2.12. The molecule has 8 heteroatoms. The molecule has 126 valence electrons. The average molecular weight is 340 g/mol. The summed E-state index contributed by atoms with van der Waals surface area (Å²) in [6.07, 6.45) is 0.872. The third kappa shape index (κ3) is 5.63. The minimum atomic E-state index is -0.0778. The number of hydrogen-bond acceptors (Lipinski definition) is 6. The summed E-state index contributed by atoms with van der Waals surface area (Å²) in [4.78, 5) is 18.0. The van der Waals surface area contributed by atoms with Crippen LogP contribution < -0.4 is 11.1 Å². The van der Waals surface area contributed by atoms with Crippen molar-refractivity contribution in [1.29, 1.82) is 0 Å². The second kappa shape index (κ2) is 9.24. The van der Waals surface area contributed by atoms with Gasteiger partial charge in [-0.3, -0.25) is 9.69 Å². The lowest BCUT2D eigenvalue weighted by molar-refractivity contribution is -0.117. The van der Waals surface area contributed by atoms with Gasteiger partial charge in [-0.15, -0.1) is 12.4 Å².